The van der Waals surface area contributed by atoms with E-state index in [-0.39, 0.29) is 0 Å². The number of esters is 2. The van der Waals surface area contributed by atoms with Gasteiger partial charge in [-0.1, -0.05) is 78.9 Å². The smallest absolute Gasteiger partial charge is 0.351 e. The molecule has 4 nitrogen and oxygen atoms in total. The fourth-order valence-corrected chi connectivity index (χ4v) is 2.01. The highest BCUT2D eigenvalue weighted by atomic mass is 16.6. The van der Waals surface area contributed by atoms with Gasteiger partial charge in [-0.3, -0.25) is 0 Å². The van der Waals surface area contributed by atoms with Crippen LogP contribution >= 0.6 is 0 Å². The molecule has 2 aromatic carbocycles. The Morgan fingerprint density at radius 2 is 1.54 bits per heavy atom. The molecule has 0 radical (unpaired) electrons. The zero-order valence-electron chi connectivity index (χ0n) is 13.3. The predicted octanol–water partition coefficient (Wildman–Crippen LogP) is 3.71. The molecule has 1 atom stereocenters. The van der Waals surface area contributed by atoms with E-state index in [1.807, 2.05) is 42.5 Å². The zero-order chi connectivity index (χ0) is 17.2. The highest BCUT2D eigenvalue weighted by molar-refractivity contribution is 5.86. The van der Waals surface area contributed by atoms with Crippen molar-refractivity contribution in [2.45, 2.75) is 6.10 Å². The molecule has 0 aliphatic carbocycles. The predicted molar refractivity (Wildman–Crippen MR) is 91.9 cm³/mol. The average molecular weight is 322 g/mol. The van der Waals surface area contributed by atoms with Crippen molar-refractivity contribution in [3.63, 3.8) is 0 Å². The highest BCUT2D eigenvalue weighted by Crippen LogP contribution is 2.19. The van der Waals surface area contributed by atoms with E-state index >= 15 is 0 Å². The summed E-state index contributed by atoms with van der Waals surface area (Å²) in [4.78, 5) is 23.7. The average Bonchev–Trinajstić information content (AvgIpc) is 2.64. The van der Waals surface area contributed by atoms with Gasteiger partial charge >= 0.3 is 11.9 Å². The Hall–Kier alpha value is -3.14. The second-order valence-electron chi connectivity index (χ2n) is 4.88. The number of benzene rings is 2. The molecular formula is C20H18O4. The second kappa shape index (κ2) is 9.10. The normalized spacial score (nSPS) is 12.2. The summed E-state index contributed by atoms with van der Waals surface area (Å²) in [6, 6.07) is 18.4. The molecule has 24 heavy (non-hydrogen) atoms. The summed E-state index contributed by atoms with van der Waals surface area (Å²) in [6.07, 6.45) is 5.34. The van der Waals surface area contributed by atoms with Gasteiger partial charge in [-0.2, -0.15) is 0 Å². The van der Waals surface area contributed by atoms with Crippen molar-refractivity contribution in [1.82, 2.24) is 0 Å². The standard InChI is InChI=1S/C20H18O4/c1-23-20(22)19(17-13-6-3-7-14-17)24-18(21)15-9-8-12-16-10-4-2-5-11-16/h2-15,19H,1H3/b12-8+,15-9+/t19-/m0/s1. The molecule has 0 bridgehead atoms. The molecule has 0 aliphatic heterocycles. The number of carbonyl (C=O) groups excluding carboxylic acids is 2. The lowest BCUT2D eigenvalue weighted by Gasteiger charge is -2.14. The summed E-state index contributed by atoms with van der Waals surface area (Å²) in [5, 5.41) is 0. The number of hydrogen-bond donors (Lipinski definition) is 0. The lowest BCUT2D eigenvalue weighted by atomic mass is 10.1. The molecule has 4 heteroatoms. The summed E-state index contributed by atoms with van der Waals surface area (Å²) in [5.74, 6) is -1.24. The number of hydrogen-bond acceptors (Lipinski definition) is 4. The van der Waals surface area contributed by atoms with Gasteiger partial charge in [-0.25, -0.2) is 9.59 Å². The van der Waals surface area contributed by atoms with E-state index in [0.717, 1.165) is 5.56 Å². The first kappa shape index (κ1) is 17.2. The summed E-state index contributed by atoms with van der Waals surface area (Å²) in [7, 11) is 1.25. The van der Waals surface area contributed by atoms with Crippen LogP contribution in [0, 0.1) is 0 Å². The number of ether oxygens (including phenoxy) is 2. The molecular weight excluding hydrogens is 304 g/mol. The van der Waals surface area contributed by atoms with Gasteiger partial charge in [0.2, 0.25) is 6.10 Å². The first-order valence-corrected chi connectivity index (χ1v) is 7.44. The van der Waals surface area contributed by atoms with Crippen molar-refractivity contribution in [1.29, 1.82) is 0 Å². The molecule has 122 valence electrons. The SMILES string of the molecule is COC(=O)[C@@H](OC(=O)/C=C/C=C/c1ccccc1)c1ccccc1. The molecule has 2 rings (SSSR count). The maximum absolute atomic E-state index is 11.9. The van der Waals surface area contributed by atoms with Crippen LogP contribution in [0.2, 0.25) is 0 Å². The monoisotopic (exact) mass is 322 g/mol. The zero-order valence-corrected chi connectivity index (χ0v) is 13.3. The largest absolute Gasteiger partial charge is 0.466 e. The number of allylic oxidation sites excluding steroid dienone is 2. The van der Waals surface area contributed by atoms with E-state index < -0.39 is 18.0 Å². The van der Waals surface area contributed by atoms with Crippen molar-refractivity contribution in [2.75, 3.05) is 7.11 Å². The number of rotatable bonds is 6. The third-order valence-corrected chi connectivity index (χ3v) is 3.18. The van der Waals surface area contributed by atoms with E-state index in [0.29, 0.717) is 5.56 Å². The molecule has 0 unspecified atom stereocenters. The molecule has 0 spiro atoms. The third kappa shape index (κ3) is 5.25. The Kier molecular flexibility index (Phi) is 6.53. The Morgan fingerprint density at radius 1 is 0.917 bits per heavy atom. The fraction of sp³-hybridized carbons (Fsp3) is 0.100. The lowest BCUT2D eigenvalue weighted by Crippen LogP contribution is -2.20. The van der Waals surface area contributed by atoms with Crippen molar-refractivity contribution in [3.8, 4) is 0 Å². The third-order valence-electron chi connectivity index (χ3n) is 3.18. The van der Waals surface area contributed by atoms with E-state index in [1.54, 1.807) is 36.4 Å². The van der Waals surface area contributed by atoms with Crippen LogP contribution in [0.25, 0.3) is 6.08 Å². The minimum Gasteiger partial charge on any atom is -0.466 e. The van der Waals surface area contributed by atoms with Gasteiger partial charge in [0.05, 0.1) is 7.11 Å². The Morgan fingerprint density at radius 3 is 2.17 bits per heavy atom. The van der Waals surface area contributed by atoms with Crippen molar-refractivity contribution in [2.24, 2.45) is 0 Å². The van der Waals surface area contributed by atoms with Crippen LogP contribution in [-0.2, 0) is 19.1 Å². The van der Waals surface area contributed by atoms with Gasteiger partial charge in [-0.15, -0.1) is 0 Å². The van der Waals surface area contributed by atoms with Crippen molar-refractivity contribution < 1.29 is 19.1 Å². The summed E-state index contributed by atoms with van der Waals surface area (Å²) < 4.78 is 9.90. The molecule has 0 aromatic heterocycles. The molecule has 2 aromatic rings. The topological polar surface area (TPSA) is 52.6 Å². The van der Waals surface area contributed by atoms with Crippen molar-refractivity contribution >= 4 is 18.0 Å². The van der Waals surface area contributed by atoms with Crippen LogP contribution in [0.1, 0.15) is 17.2 Å². The maximum atomic E-state index is 11.9. The number of methoxy groups -OCH3 is 1. The molecule has 0 fully saturated rings. The summed E-state index contributed by atoms with van der Waals surface area (Å²) in [6.45, 7) is 0. The Bertz CT molecular complexity index is 718. The molecule has 0 saturated heterocycles. The van der Waals surface area contributed by atoms with Gasteiger partial charge in [0.1, 0.15) is 0 Å². The van der Waals surface area contributed by atoms with Crippen LogP contribution in [0.3, 0.4) is 0 Å². The van der Waals surface area contributed by atoms with Crippen LogP contribution < -0.4 is 0 Å². The van der Waals surface area contributed by atoms with E-state index in [4.69, 9.17) is 9.47 Å². The van der Waals surface area contributed by atoms with Crippen LogP contribution in [0.15, 0.2) is 78.9 Å². The van der Waals surface area contributed by atoms with Crippen LogP contribution in [0.4, 0.5) is 0 Å². The minimum absolute atomic E-state index is 0.561. The second-order valence-corrected chi connectivity index (χ2v) is 4.88. The van der Waals surface area contributed by atoms with E-state index in [9.17, 15) is 9.59 Å². The minimum atomic E-state index is -1.08. The highest BCUT2D eigenvalue weighted by Gasteiger charge is 2.24. The van der Waals surface area contributed by atoms with Crippen LogP contribution in [-0.4, -0.2) is 19.0 Å². The number of carbonyl (C=O) groups is 2. The van der Waals surface area contributed by atoms with Gasteiger partial charge in [0.15, 0.2) is 0 Å². The molecule has 0 saturated carbocycles. The summed E-state index contributed by atoms with van der Waals surface area (Å²) in [5.41, 5.74) is 1.58. The molecule has 0 aliphatic rings. The molecule has 0 amide bonds. The summed E-state index contributed by atoms with van der Waals surface area (Å²) >= 11 is 0. The lowest BCUT2D eigenvalue weighted by molar-refractivity contribution is -0.163. The molecule has 0 N–H and O–H groups in total. The first-order valence-electron chi connectivity index (χ1n) is 7.44. The van der Waals surface area contributed by atoms with Gasteiger partial charge in [0, 0.05) is 11.6 Å². The quantitative estimate of drug-likeness (QED) is 0.462. The Labute approximate surface area is 141 Å². The first-order chi connectivity index (χ1) is 11.7. The Balaban J connectivity index is 1.99. The van der Waals surface area contributed by atoms with E-state index in [2.05, 4.69) is 0 Å². The van der Waals surface area contributed by atoms with E-state index in [1.165, 1.54) is 13.2 Å². The van der Waals surface area contributed by atoms with Crippen molar-refractivity contribution in [3.05, 3.63) is 90.0 Å². The van der Waals surface area contributed by atoms with Gasteiger partial charge in [0.25, 0.3) is 0 Å². The molecule has 0 heterocycles. The maximum Gasteiger partial charge on any atom is 0.351 e. The van der Waals surface area contributed by atoms with Gasteiger partial charge < -0.3 is 9.47 Å². The van der Waals surface area contributed by atoms with Crippen LogP contribution in [0.5, 0.6) is 0 Å². The van der Waals surface area contributed by atoms with Gasteiger partial charge in [-0.05, 0) is 5.56 Å². The fourth-order valence-electron chi connectivity index (χ4n) is 2.01.